The monoisotopic (exact) mass is 233 g/mol. The van der Waals surface area contributed by atoms with E-state index in [-0.39, 0.29) is 10.3 Å². The van der Waals surface area contributed by atoms with Gasteiger partial charge < -0.3 is 0 Å². The second-order valence-corrected chi connectivity index (χ2v) is 3.52. The van der Waals surface area contributed by atoms with Crippen molar-refractivity contribution in [3.8, 4) is 0 Å². The van der Waals surface area contributed by atoms with Crippen LogP contribution < -0.4 is 0 Å². The minimum atomic E-state index is -4.41. The lowest BCUT2D eigenvalue weighted by Gasteiger charge is -2.00. The molecule has 7 heteroatoms. The van der Waals surface area contributed by atoms with Gasteiger partial charge in [0.2, 0.25) is 0 Å². The molecule has 1 N–H and O–H groups in total. The second kappa shape index (κ2) is 3.06. The molecule has 2 aromatic heterocycles. The van der Waals surface area contributed by atoms with Crippen molar-refractivity contribution in [3.05, 3.63) is 28.2 Å². The summed E-state index contributed by atoms with van der Waals surface area (Å²) in [5.41, 5.74) is -0.0910. The van der Waals surface area contributed by atoms with Crippen LogP contribution in [0.2, 0.25) is 0 Å². The number of H-pyrrole nitrogens is 1. The van der Waals surface area contributed by atoms with E-state index in [4.69, 9.17) is 12.2 Å². The van der Waals surface area contributed by atoms with Gasteiger partial charge in [-0.3, -0.25) is 5.10 Å². The first-order valence-electron chi connectivity index (χ1n) is 4.04. The Morgan fingerprint density at radius 1 is 1.40 bits per heavy atom. The number of aryl methyl sites for hydroxylation is 1. The summed E-state index contributed by atoms with van der Waals surface area (Å²) >= 11 is 4.90. The summed E-state index contributed by atoms with van der Waals surface area (Å²) < 4.78 is 38.5. The van der Waals surface area contributed by atoms with E-state index in [2.05, 4.69) is 10.1 Å². The fourth-order valence-corrected chi connectivity index (χ4v) is 1.57. The first-order chi connectivity index (χ1) is 6.88. The van der Waals surface area contributed by atoms with Crippen molar-refractivity contribution in [2.45, 2.75) is 13.1 Å². The largest absolute Gasteiger partial charge is 0.432 e. The van der Waals surface area contributed by atoms with Gasteiger partial charge in [0.1, 0.15) is 10.3 Å². The molecule has 0 spiro atoms. The number of hydrogen-bond donors (Lipinski definition) is 1. The van der Waals surface area contributed by atoms with E-state index in [0.717, 1.165) is 10.6 Å². The van der Waals surface area contributed by atoms with Crippen molar-refractivity contribution in [2.75, 3.05) is 0 Å². The zero-order valence-corrected chi connectivity index (χ0v) is 8.41. The minimum Gasteiger partial charge on any atom is -0.287 e. The lowest BCUT2D eigenvalue weighted by molar-refractivity contribution is -0.141. The maximum atomic E-state index is 12.4. The SMILES string of the molecule is Cc1cc(=S)n2[nH]c(C(F)(F)F)cc2n1. The van der Waals surface area contributed by atoms with Gasteiger partial charge >= 0.3 is 6.18 Å². The molecule has 0 unspecified atom stereocenters. The predicted octanol–water partition coefficient (Wildman–Crippen LogP) is 2.72. The number of nitrogens with one attached hydrogen (secondary N) is 1. The number of nitrogens with zero attached hydrogens (tertiary/aromatic N) is 2. The molecule has 0 saturated carbocycles. The van der Waals surface area contributed by atoms with Gasteiger partial charge in [-0.1, -0.05) is 12.2 Å². The molecule has 0 aliphatic carbocycles. The number of halogens is 3. The first kappa shape index (κ1) is 10.2. The summed E-state index contributed by atoms with van der Waals surface area (Å²) in [7, 11) is 0. The summed E-state index contributed by atoms with van der Waals surface area (Å²) in [5, 5.41) is 2.16. The number of fused-ring (bicyclic) bond motifs is 1. The van der Waals surface area contributed by atoms with Crippen LogP contribution in [0.3, 0.4) is 0 Å². The third-order valence-electron chi connectivity index (χ3n) is 1.88. The molecule has 0 atom stereocenters. The summed E-state index contributed by atoms with van der Waals surface area (Å²) in [6.45, 7) is 1.68. The van der Waals surface area contributed by atoms with E-state index >= 15 is 0 Å². The lowest BCUT2D eigenvalue weighted by Crippen LogP contribution is -2.05. The average molecular weight is 233 g/mol. The van der Waals surface area contributed by atoms with Crippen molar-refractivity contribution in [1.82, 2.24) is 14.6 Å². The van der Waals surface area contributed by atoms with E-state index in [1.807, 2.05) is 0 Å². The highest BCUT2D eigenvalue weighted by Crippen LogP contribution is 2.28. The molecule has 15 heavy (non-hydrogen) atoms. The standard InChI is InChI=1S/C8H6F3N3S/c1-4-2-7(15)14-6(12-4)3-5(13-14)8(9,10)11/h2-3,13H,1H3. The molecule has 0 aliphatic heterocycles. The van der Waals surface area contributed by atoms with Crippen LogP contribution in [0.1, 0.15) is 11.4 Å². The van der Waals surface area contributed by atoms with Crippen LogP contribution in [0.15, 0.2) is 12.1 Å². The Labute approximate surface area is 87.5 Å². The van der Waals surface area contributed by atoms with Crippen LogP contribution in [0.4, 0.5) is 13.2 Å². The summed E-state index contributed by atoms with van der Waals surface area (Å²) in [4.78, 5) is 3.94. The van der Waals surface area contributed by atoms with Crippen LogP contribution in [0.5, 0.6) is 0 Å². The molecule has 80 valence electrons. The molecule has 3 nitrogen and oxygen atoms in total. The molecule has 2 aromatic rings. The van der Waals surface area contributed by atoms with Gasteiger partial charge in [0.25, 0.3) is 0 Å². The van der Waals surface area contributed by atoms with E-state index < -0.39 is 11.9 Å². The molecule has 2 rings (SSSR count). The zero-order chi connectivity index (χ0) is 11.2. The number of rotatable bonds is 0. The summed E-state index contributed by atoms with van der Waals surface area (Å²) in [5.74, 6) is 0. The normalized spacial score (nSPS) is 12.3. The Hall–Kier alpha value is -1.37. The summed E-state index contributed by atoms with van der Waals surface area (Å²) in [6, 6.07) is 2.46. The van der Waals surface area contributed by atoms with E-state index in [1.54, 1.807) is 6.92 Å². The highest BCUT2D eigenvalue weighted by Gasteiger charge is 2.33. The lowest BCUT2D eigenvalue weighted by atomic mass is 10.4. The second-order valence-electron chi connectivity index (χ2n) is 3.10. The van der Waals surface area contributed by atoms with Crippen LogP contribution >= 0.6 is 12.2 Å². The Kier molecular flexibility index (Phi) is 2.07. The number of aromatic amines is 1. The van der Waals surface area contributed by atoms with Crippen LogP contribution in [0.25, 0.3) is 5.65 Å². The molecule has 0 amide bonds. The molecule has 0 bridgehead atoms. The van der Waals surface area contributed by atoms with Gasteiger partial charge in [0.05, 0.1) is 0 Å². The Bertz CT molecular complexity index is 566. The van der Waals surface area contributed by atoms with E-state index in [1.165, 1.54) is 6.07 Å². The fourth-order valence-electron chi connectivity index (χ4n) is 1.26. The van der Waals surface area contributed by atoms with Gasteiger partial charge in [0, 0.05) is 11.8 Å². The number of aromatic nitrogens is 3. The van der Waals surface area contributed by atoms with Gasteiger partial charge in [-0.2, -0.15) is 13.2 Å². The average Bonchev–Trinajstić information content (AvgIpc) is 2.46. The first-order valence-corrected chi connectivity index (χ1v) is 4.45. The van der Waals surface area contributed by atoms with Gasteiger partial charge in [-0.05, 0) is 13.0 Å². The quantitative estimate of drug-likeness (QED) is 0.710. The highest BCUT2D eigenvalue weighted by atomic mass is 32.1. The molecule has 0 saturated heterocycles. The Morgan fingerprint density at radius 2 is 2.07 bits per heavy atom. The third-order valence-corrected chi connectivity index (χ3v) is 2.18. The van der Waals surface area contributed by atoms with Gasteiger partial charge in [0.15, 0.2) is 5.65 Å². The third kappa shape index (κ3) is 1.74. The van der Waals surface area contributed by atoms with Crippen LogP contribution in [0, 0.1) is 11.6 Å². The smallest absolute Gasteiger partial charge is 0.287 e. The van der Waals surface area contributed by atoms with E-state index in [9.17, 15) is 13.2 Å². The van der Waals surface area contributed by atoms with Crippen molar-refractivity contribution in [3.63, 3.8) is 0 Å². The molecule has 2 heterocycles. The van der Waals surface area contributed by atoms with Crippen LogP contribution in [-0.4, -0.2) is 14.6 Å². The van der Waals surface area contributed by atoms with Gasteiger partial charge in [-0.25, -0.2) is 9.50 Å². The fraction of sp³-hybridized carbons (Fsp3) is 0.250. The maximum absolute atomic E-state index is 12.4. The predicted molar refractivity (Wildman–Crippen MR) is 50.1 cm³/mol. The van der Waals surface area contributed by atoms with Crippen molar-refractivity contribution in [2.24, 2.45) is 0 Å². The van der Waals surface area contributed by atoms with E-state index in [0.29, 0.717) is 5.69 Å². The van der Waals surface area contributed by atoms with Gasteiger partial charge in [-0.15, -0.1) is 0 Å². The molecule has 0 aromatic carbocycles. The molecule has 0 radical (unpaired) electrons. The minimum absolute atomic E-state index is 0.173. The maximum Gasteiger partial charge on any atom is 0.432 e. The molecular formula is C8H6F3N3S. The molecular weight excluding hydrogens is 227 g/mol. The highest BCUT2D eigenvalue weighted by molar-refractivity contribution is 7.71. The Morgan fingerprint density at radius 3 is 2.67 bits per heavy atom. The van der Waals surface area contributed by atoms with Crippen molar-refractivity contribution >= 4 is 17.9 Å². The van der Waals surface area contributed by atoms with Crippen molar-refractivity contribution < 1.29 is 13.2 Å². The molecule has 0 fully saturated rings. The number of hydrogen-bond acceptors (Lipinski definition) is 2. The molecule has 0 aliphatic rings. The topological polar surface area (TPSA) is 33.1 Å². The van der Waals surface area contributed by atoms with Crippen molar-refractivity contribution in [1.29, 1.82) is 0 Å². The van der Waals surface area contributed by atoms with Crippen LogP contribution in [-0.2, 0) is 6.18 Å². The summed E-state index contributed by atoms with van der Waals surface area (Å²) in [6.07, 6.45) is -4.41. The Balaban J connectivity index is 2.77. The number of alkyl halides is 3. The zero-order valence-electron chi connectivity index (χ0n) is 7.59.